The molecule has 0 aromatic rings. The predicted octanol–water partition coefficient (Wildman–Crippen LogP) is 6.36. The van der Waals surface area contributed by atoms with Crippen molar-refractivity contribution in [3.8, 4) is 0 Å². The number of allylic oxidation sites excluding steroid dienone is 1. The standard InChI is InChI=1S/C28H42O4/c1-3-4-5-6-7-8-9-10-27(31)32-26-14-13-24-22-18-25(30)23-17-19(29)11-12-20(23)21(22)15-16-28(24,26)2/h17,20-22,24,26H,3-16,18H2,1-2H3/t20-,21-,22-,24+,26+,28+/m1/s1. The van der Waals surface area contributed by atoms with E-state index in [4.69, 9.17) is 4.74 Å². The molecular weight excluding hydrogens is 400 g/mol. The molecule has 0 radical (unpaired) electrons. The van der Waals surface area contributed by atoms with Gasteiger partial charge in [0.15, 0.2) is 11.6 Å². The van der Waals surface area contributed by atoms with Crippen molar-refractivity contribution in [2.24, 2.45) is 29.1 Å². The Labute approximate surface area is 193 Å². The maximum absolute atomic E-state index is 12.9. The third-order valence-corrected chi connectivity index (χ3v) is 9.34. The molecular formula is C28H42O4. The number of unbranched alkanes of at least 4 members (excludes halogenated alkanes) is 6. The van der Waals surface area contributed by atoms with Gasteiger partial charge in [0, 0.05) is 30.3 Å². The molecule has 4 nitrogen and oxygen atoms in total. The van der Waals surface area contributed by atoms with Gasteiger partial charge in [-0.15, -0.1) is 0 Å². The summed E-state index contributed by atoms with van der Waals surface area (Å²) in [5.74, 6) is 1.95. The number of hydrogen-bond acceptors (Lipinski definition) is 4. The van der Waals surface area contributed by atoms with Gasteiger partial charge in [-0.2, -0.15) is 0 Å². The van der Waals surface area contributed by atoms with Gasteiger partial charge >= 0.3 is 5.97 Å². The molecule has 0 spiro atoms. The average Bonchev–Trinajstić information content (AvgIpc) is 3.10. The lowest BCUT2D eigenvalue weighted by Crippen LogP contribution is -2.50. The molecule has 4 aliphatic carbocycles. The maximum Gasteiger partial charge on any atom is 0.306 e. The summed E-state index contributed by atoms with van der Waals surface area (Å²) in [5, 5.41) is 0. The Balaban J connectivity index is 1.31. The molecule has 0 heterocycles. The van der Waals surface area contributed by atoms with E-state index in [9.17, 15) is 14.4 Å². The SMILES string of the molecule is CCCCCCCCCC(=O)O[C@H]1CC[C@H]2[C@@H]3CC(=O)C4=CC(=O)CC[C@@H]4[C@H]3CC[C@]12C. The van der Waals surface area contributed by atoms with E-state index < -0.39 is 0 Å². The van der Waals surface area contributed by atoms with E-state index in [1.165, 1.54) is 32.1 Å². The summed E-state index contributed by atoms with van der Waals surface area (Å²) >= 11 is 0. The van der Waals surface area contributed by atoms with Gasteiger partial charge in [0.1, 0.15) is 6.10 Å². The largest absolute Gasteiger partial charge is 0.462 e. The summed E-state index contributed by atoms with van der Waals surface area (Å²) < 4.78 is 6.08. The van der Waals surface area contributed by atoms with E-state index in [1.54, 1.807) is 6.08 Å². The zero-order valence-corrected chi connectivity index (χ0v) is 20.2. The number of esters is 1. The molecule has 3 saturated carbocycles. The number of carbonyl (C=O) groups excluding carboxylic acids is 3. The minimum Gasteiger partial charge on any atom is -0.462 e. The third kappa shape index (κ3) is 4.75. The maximum atomic E-state index is 12.9. The summed E-state index contributed by atoms with van der Waals surface area (Å²) in [4.78, 5) is 37.4. The monoisotopic (exact) mass is 442 g/mol. The molecule has 0 aromatic heterocycles. The Morgan fingerprint density at radius 3 is 2.53 bits per heavy atom. The molecule has 0 unspecified atom stereocenters. The van der Waals surface area contributed by atoms with Crippen molar-refractivity contribution in [2.75, 3.05) is 0 Å². The van der Waals surface area contributed by atoms with Crippen LogP contribution >= 0.6 is 0 Å². The lowest BCUT2D eigenvalue weighted by molar-refractivity contribution is -0.159. The van der Waals surface area contributed by atoms with Crippen LogP contribution in [0.4, 0.5) is 0 Å². The molecule has 0 aromatic carbocycles. The normalized spacial score (nSPS) is 36.2. The molecule has 0 N–H and O–H groups in total. The van der Waals surface area contributed by atoms with Crippen LogP contribution in [0.5, 0.6) is 0 Å². The number of carbonyl (C=O) groups is 3. The van der Waals surface area contributed by atoms with E-state index in [0.717, 1.165) is 50.5 Å². The number of Topliss-reactive ketones (excluding diaryl/α,β-unsaturated/α-hetero) is 1. The Kier molecular flexibility index (Phi) is 7.57. The number of hydrogen-bond donors (Lipinski definition) is 0. The molecule has 6 atom stereocenters. The van der Waals surface area contributed by atoms with Gasteiger partial charge in [0.25, 0.3) is 0 Å². The molecule has 178 valence electrons. The van der Waals surface area contributed by atoms with Gasteiger partial charge in [-0.25, -0.2) is 0 Å². The van der Waals surface area contributed by atoms with Crippen LogP contribution in [-0.2, 0) is 19.1 Å². The highest BCUT2D eigenvalue weighted by molar-refractivity contribution is 6.05. The van der Waals surface area contributed by atoms with E-state index in [0.29, 0.717) is 37.0 Å². The van der Waals surface area contributed by atoms with Crippen molar-refractivity contribution in [3.05, 3.63) is 11.6 Å². The lowest BCUT2D eigenvalue weighted by Gasteiger charge is -2.52. The van der Waals surface area contributed by atoms with Crippen LogP contribution in [0.25, 0.3) is 0 Å². The van der Waals surface area contributed by atoms with Crippen molar-refractivity contribution in [1.82, 2.24) is 0 Å². The number of rotatable bonds is 9. The van der Waals surface area contributed by atoms with E-state index in [1.807, 2.05) is 0 Å². The quantitative estimate of drug-likeness (QED) is 0.308. The Morgan fingerprint density at radius 1 is 1.00 bits per heavy atom. The van der Waals surface area contributed by atoms with Gasteiger partial charge in [-0.3, -0.25) is 14.4 Å². The molecule has 4 aliphatic rings. The molecule has 32 heavy (non-hydrogen) atoms. The zero-order chi connectivity index (χ0) is 22.7. The van der Waals surface area contributed by atoms with Crippen molar-refractivity contribution < 1.29 is 19.1 Å². The van der Waals surface area contributed by atoms with Gasteiger partial charge < -0.3 is 4.74 Å². The smallest absolute Gasteiger partial charge is 0.306 e. The van der Waals surface area contributed by atoms with Crippen LogP contribution < -0.4 is 0 Å². The van der Waals surface area contributed by atoms with Crippen LogP contribution in [0.3, 0.4) is 0 Å². The van der Waals surface area contributed by atoms with Crippen LogP contribution in [0.15, 0.2) is 11.6 Å². The van der Waals surface area contributed by atoms with E-state index in [-0.39, 0.29) is 35.0 Å². The second kappa shape index (κ2) is 10.2. The fourth-order valence-electron chi connectivity index (χ4n) is 7.57. The molecule has 4 heteroatoms. The highest BCUT2D eigenvalue weighted by Crippen LogP contribution is 2.61. The van der Waals surface area contributed by atoms with Crippen molar-refractivity contribution in [2.45, 2.75) is 116 Å². The van der Waals surface area contributed by atoms with Gasteiger partial charge in [-0.1, -0.05) is 52.4 Å². The van der Waals surface area contributed by atoms with Crippen molar-refractivity contribution in [1.29, 1.82) is 0 Å². The van der Waals surface area contributed by atoms with Crippen LogP contribution in [0.2, 0.25) is 0 Å². The van der Waals surface area contributed by atoms with Gasteiger partial charge in [-0.05, 0) is 68.3 Å². The predicted molar refractivity (Wildman–Crippen MR) is 125 cm³/mol. The fraction of sp³-hybridized carbons (Fsp3) is 0.821. The van der Waals surface area contributed by atoms with Crippen molar-refractivity contribution in [3.63, 3.8) is 0 Å². The van der Waals surface area contributed by atoms with Gasteiger partial charge in [0.05, 0.1) is 0 Å². The highest BCUT2D eigenvalue weighted by Gasteiger charge is 2.58. The molecule has 3 fully saturated rings. The fourth-order valence-corrected chi connectivity index (χ4v) is 7.57. The van der Waals surface area contributed by atoms with Crippen LogP contribution in [0.1, 0.15) is 110 Å². The van der Waals surface area contributed by atoms with E-state index in [2.05, 4.69) is 13.8 Å². The summed E-state index contributed by atoms with van der Waals surface area (Å²) in [6, 6.07) is 0. The first-order valence-corrected chi connectivity index (χ1v) is 13.4. The Hall–Kier alpha value is -1.45. The zero-order valence-electron chi connectivity index (χ0n) is 20.2. The second-order valence-corrected chi connectivity index (χ2v) is 11.2. The first-order valence-electron chi connectivity index (χ1n) is 13.4. The third-order valence-electron chi connectivity index (χ3n) is 9.34. The molecule has 4 rings (SSSR count). The van der Waals surface area contributed by atoms with Crippen LogP contribution in [-0.4, -0.2) is 23.6 Å². The molecule has 0 aliphatic heterocycles. The number of fused-ring (bicyclic) bond motifs is 5. The van der Waals surface area contributed by atoms with Crippen LogP contribution in [0, 0.1) is 29.1 Å². The Bertz CT molecular complexity index is 753. The second-order valence-electron chi connectivity index (χ2n) is 11.2. The van der Waals surface area contributed by atoms with E-state index >= 15 is 0 Å². The first kappa shape index (κ1) is 23.7. The summed E-state index contributed by atoms with van der Waals surface area (Å²) in [7, 11) is 0. The summed E-state index contributed by atoms with van der Waals surface area (Å²) in [5.41, 5.74) is 0.824. The lowest BCUT2D eigenvalue weighted by atomic mass is 9.52. The Morgan fingerprint density at radius 2 is 1.75 bits per heavy atom. The summed E-state index contributed by atoms with van der Waals surface area (Å²) in [6.45, 7) is 4.54. The minimum atomic E-state index is -0.0247. The molecule has 0 amide bonds. The number of ketones is 2. The molecule has 0 saturated heterocycles. The topological polar surface area (TPSA) is 60.4 Å². The minimum absolute atomic E-state index is 0.00294. The molecule has 0 bridgehead atoms. The number of ether oxygens (including phenoxy) is 1. The summed E-state index contributed by atoms with van der Waals surface area (Å²) in [6.07, 6.45) is 16.8. The first-order chi connectivity index (χ1) is 15.4. The highest BCUT2D eigenvalue weighted by atomic mass is 16.5. The average molecular weight is 443 g/mol. The van der Waals surface area contributed by atoms with Crippen molar-refractivity contribution >= 4 is 17.5 Å². The van der Waals surface area contributed by atoms with Gasteiger partial charge in [0.2, 0.25) is 0 Å².